The van der Waals surface area contributed by atoms with Gasteiger partial charge >= 0.3 is 0 Å². The summed E-state index contributed by atoms with van der Waals surface area (Å²) in [5.74, 6) is 0. The first-order valence-corrected chi connectivity index (χ1v) is 2.73. The zero-order valence-electron chi connectivity index (χ0n) is 5.13. The average Bonchev–Trinajstić information content (AvgIpc) is 1.66. The van der Waals surface area contributed by atoms with Gasteiger partial charge in [0.15, 0.2) is 0 Å². The van der Waals surface area contributed by atoms with Crippen LogP contribution in [0.5, 0.6) is 0 Å². The van der Waals surface area contributed by atoms with Gasteiger partial charge in [-0.2, -0.15) is 0 Å². The van der Waals surface area contributed by atoms with Gasteiger partial charge in [0.1, 0.15) is 0 Å². The van der Waals surface area contributed by atoms with Gasteiger partial charge in [-0.15, -0.1) is 0 Å². The minimum atomic E-state index is -0.374. The van der Waals surface area contributed by atoms with Crippen molar-refractivity contribution in [2.24, 2.45) is 5.73 Å². The normalized spacial score (nSPS) is 13.9. The number of hydrogen-bond acceptors (Lipinski definition) is 3. The minimum Gasteiger partial charge on any atom is -0.391 e. The average molecular weight is 119 g/mol. The molecule has 8 heavy (non-hydrogen) atoms. The molecule has 0 aromatic carbocycles. The summed E-state index contributed by atoms with van der Waals surface area (Å²) in [6, 6.07) is 0. The van der Waals surface area contributed by atoms with Crippen LogP contribution >= 0.6 is 0 Å². The molecule has 0 saturated heterocycles. The Hall–Kier alpha value is -0.120. The quantitative estimate of drug-likeness (QED) is 0.483. The maximum atomic E-state index is 8.61. The molecule has 0 aliphatic carbocycles. The van der Waals surface area contributed by atoms with E-state index >= 15 is 0 Å². The summed E-state index contributed by atoms with van der Waals surface area (Å²) in [7, 11) is 0. The first kappa shape index (κ1) is 7.88. The zero-order chi connectivity index (χ0) is 6.41. The van der Waals surface area contributed by atoms with Crippen molar-refractivity contribution in [3.63, 3.8) is 0 Å². The highest BCUT2D eigenvalue weighted by Crippen LogP contribution is 1.79. The van der Waals surface area contributed by atoms with Crippen molar-refractivity contribution in [2.75, 3.05) is 19.8 Å². The van der Waals surface area contributed by atoms with Gasteiger partial charge in [0.2, 0.25) is 0 Å². The van der Waals surface area contributed by atoms with E-state index in [0.717, 1.165) is 0 Å². The first-order valence-electron chi connectivity index (χ1n) is 2.73. The van der Waals surface area contributed by atoms with E-state index in [9.17, 15) is 0 Å². The van der Waals surface area contributed by atoms with E-state index in [1.54, 1.807) is 6.92 Å². The van der Waals surface area contributed by atoms with Gasteiger partial charge in [0, 0.05) is 6.54 Å². The molecular weight excluding hydrogens is 106 g/mol. The van der Waals surface area contributed by atoms with Crippen LogP contribution in [-0.4, -0.2) is 31.0 Å². The van der Waals surface area contributed by atoms with Crippen LogP contribution in [0.25, 0.3) is 0 Å². The van der Waals surface area contributed by atoms with Crippen LogP contribution in [0.2, 0.25) is 0 Å². The van der Waals surface area contributed by atoms with E-state index in [2.05, 4.69) is 0 Å². The number of nitrogens with two attached hydrogens (primary N) is 1. The molecule has 3 heteroatoms. The summed E-state index contributed by atoms with van der Waals surface area (Å²) in [5.41, 5.74) is 5.11. The third-order valence-electron chi connectivity index (χ3n) is 0.621. The van der Waals surface area contributed by atoms with Gasteiger partial charge in [-0.05, 0) is 6.92 Å². The number of rotatable bonds is 4. The lowest BCUT2D eigenvalue weighted by atomic mass is 10.4. The molecule has 0 aliphatic heterocycles. The fourth-order valence-corrected chi connectivity index (χ4v) is 0.337. The Morgan fingerprint density at radius 3 is 2.75 bits per heavy atom. The molecule has 3 nitrogen and oxygen atoms in total. The van der Waals surface area contributed by atoms with E-state index in [-0.39, 0.29) is 6.10 Å². The van der Waals surface area contributed by atoms with Crippen molar-refractivity contribution < 1.29 is 9.84 Å². The molecule has 3 N–H and O–H groups in total. The molecule has 0 aliphatic rings. The molecule has 0 fully saturated rings. The Morgan fingerprint density at radius 1 is 1.75 bits per heavy atom. The van der Waals surface area contributed by atoms with Crippen LogP contribution in [0.1, 0.15) is 6.92 Å². The molecular formula is C5H13NO2. The molecule has 0 aromatic heterocycles. The van der Waals surface area contributed by atoms with Crippen LogP contribution in [0.4, 0.5) is 0 Å². The lowest BCUT2D eigenvalue weighted by Crippen LogP contribution is -2.15. The third-order valence-corrected chi connectivity index (χ3v) is 0.621. The van der Waals surface area contributed by atoms with Crippen LogP contribution in [0, 0.1) is 0 Å². The molecule has 50 valence electrons. The molecule has 0 heterocycles. The molecule has 0 radical (unpaired) electrons. The lowest BCUT2D eigenvalue weighted by Gasteiger charge is -2.02. The molecule has 0 aromatic rings. The second-order valence-corrected chi connectivity index (χ2v) is 1.71. The lowest BCUT2D eigenvalue weighted by molar-refractivity contribution is 0.0500. The molecule has 1 atom stereocenters. The predicted molar refractivity (Wildman–Crippen MR) is 31.6 cm³/mol. The van der Waals surface area contributed by atoms with Crippen molar-refractivity contribution in [3.8, 4) is 0 Å². The van der Waals surface area contributed by atoms with Crippen LogP contribution < -0.4 is 5.73 Å². The SMILES string of the molecule is C[C@H](O)COCCN. The minimum absolute atomic E-state index is 0.374. The van der Waals surface area contributed by atoms with E-state index in [1.165, 1.54) is 0 Å². The highest BCUT2D eigenvalue weighted by Gasteiger charge is 1.91. The Morgan fingerprint density at radius 2 is 2.38 bits per heavy atom. The Bertz CT molecular complexity index is 47.7. The van der Waals surface area contributed by atoms with E-state index in [4.69, 9.17) is 15.6 Å². The third kappa shape index (κ3) is 5.88. The molecule has 0 spiro atoms. The summed E-state index contributed by atoms with van der Waals surface area (Å²) in [6.45, 7) is 3.12. The standard InChI is InChI=1S/C5H13NO2/c1-5(7)4-8-3-2-6/h5,7H,2-4,6H2,1H3/t5-/m0/s1. The van der Waals surface area contributed by atoms with E-state index in [1.807, 2.05) is 0 Å². The highest BCUT2D eigenvalue weighted by molar-refractivity contribution is 4.40. The fraction of sp³-hybridized carbons (Fsp3) is 1.00. The molecule has 0 unspecified atom stereocenters. The number of hydrogen-bond donors (Lipinski definition) is 2. The molecule has 0 saturated carbocycles. The summed E-state index contributed by atoms with van der Waals surface area (Å²) in [6.07, 6.45) is -0.374. The second kappa shape index (κ2) is 5.03. The maximum absolute atomic E-state index is 8.61. The monoisotopic (exact) mass is 119 g/mol. The molecule has 0 bridgehead atoms. The number of aliphatic hydroxyl groups is 1. The van der Waals surface area contributed by atoms with E-state index in [0.29, 0.717) is 19.8 Å². The summed E-state index contributed by atoms with van der Waals surface area (Å²) in [4.78, 5) is 0. The zero-order valence-corrected chi connectivity index (χ0v) is 5.13. The van der Waals surface area contributed by atoms with Crippen molar-refractivity contribution in [1.82, 2.24) is 0 Å². The summed E-state index contributed by atoms with van der Waals surface area (Å²) >= 11 is 0. The maximum Gasteiger partial charge on any atom is 0.0745 e. The van der Waals surface area contributed by atoms with Crippen LogP contribution in [-0.2, 0) is 4.74 Å². The van der Waals surface area contributed by atoms with Crippen molar-refractivity contribution in [1.29, 1.82) is 0 Å². The number of aliphatic hydroxyl groups excluding tert-OH is 1. The van der Waals surface area contributed by atoms with E-state index < -0.39 is 0 Å². The van der Waals surface area contributed by atoms with Gasteiger partial charge in [-0.25, -0.2) is 0 Å². The van der Waals surface area contributed by atoms with Crippen molar-refractivity contribution in [2.45, 2.75) is 13.0 Å². The predicted octanol–water partition coefficient (Wildman–Crippen LogP) is -0.657. The Balaban J connectivity index is 2.72. The summed E-state index contributed by atoms with van der Waals surface area (Å²) in [5, 5.41) is 8.61. The van der Waals surface area contributed by atoms with Crippen LogP contribution in [0.3, 0.4) is 0 Å². The Kier molecular flexibility index (Phi) is 4.95. The molecule has 0 amide bonds. The Labute approximate surface area is 49.4 Å². The fourth-order valence-electron chi connectivity index (χ4n) is 0.337. The largest absolute Gasteiger partial charge is 0.391 e. The molecule has 0 rings (SSSR count). The van der Waals surface area contributed by atoms with Crippen molar-refractivity contribution >= 4 is 0 Å². The van der Waals surface area contributed by atoms with Gasteiger partial charge in [-0.1, -0.05) is 0 Å². The smallest absolute Gasteiger partial charge is 0.0745 e. The number of ether oxygens (including phenoxy) is 1. The van der Waals surface area contributed by atoms with Crippen LogP contribution in [0.15, 0.2) is 0 Å². The topological polar surface area (TPSA) is 55.5 Å². The van der Waals surface area contributed by atoms with Gasteiger partial charge in [0.25, 0.3) is 0 Å². The van der Waals surface area contributed by atoms with Gasteiger partial charge < -0.3 is 15.6 Å². The van der Waals surface area contributed by atoms with Crippen molar-refractivity contribution in [3.05, 3.63) is 0 Å². The van der Waals surface area contributed by atoms with Gasteiger partial charge in [-0.3, -0.25) is 0 Å². The van der Waals surface area contributed by atoms with Gasteiger partial charge in [0.05, 0.1) is 19.3 Å². The first-order chi connectivity index (χ1) is 3.77. The second-order valence-electron chi connectivity index (χ2n) is 1.71. The highest BCUT2D eigenvalue weighted by atomic mass is 16.5. The summed E-state index contributed by atoms with van der Waals surface area (Å²) < 4.78 is 4.87.